The summed E-state index contributed by atoms with van der Waals surface area (Å²) in [5.74, 6) is 3.72. The summed E-state index contributed by atoms with van der Waals surface area (Å²) in [5.41, 5.74) is 1.04. The van der Waals surface area contributed by atoms with Crippen molar-refractivity contribution in [1.82, 2.24) is 5.32 Å². The lowest BCUT2D eigenvalue weighted by Gasteiger charge is -2.25. The van der Waals surface area contributed by atoms with E-state index in [2.05, 4.69) is 12.2 Å². The monoisotopic (exact) mass is 299 g/mol. The van der Waals surface area contributed by atoms with E-state index in [0.29, 0.717) is 5.92 Å². The number of nitrogens with one attached hydrogen (secondary N) is 1. The zero-order chi connectivity index (χ0) is 13.7. The summed E-state index contributed by atoms with van der Waals surface area (Å²) in [6, 6.07) is 5.89. The normalized spacial score (nSPS) is 20.5. The highest BCUT2D eigenvalue weighted by Crippen LogP contribution is 2.29. The summed E-state index contributed by atoms with van der Waals surface area (Å²) in [7, 11) is 0. The molecule has 0 aliphatic carbocycles. The summed E-state index contributed by atoms with van der Waals surface area (Å²) < 4.78 is 6.27. The number of hydrogen-bond acceptors (Lipinski definition) is 3. The van der Waals surface area contributed by atoms with Crippen LogP contribution in [0.25, 0.3) is 0 Å². The molecule has 1 aliphatic rings. The molecule has 1 aromatic carbocycles. The Kier molecular flexibility index (Phi) is 5.86. The zero-order valence-corrected chi connectivity index (χ0v) is 13.2. The molecule has 106 valence electrons. The molecule has 0 saturated carbocycles. The molecule has 1 N–H and O–H groups in total. The number of halogens is 1. The Bertz CT molecular complexity index is 407. The molecule has 19 heavy (non-hydrogen) atoms. The summed E-state index contributed by atoms with van der Waals surface area (Å²) in [5, 5.41) is 4.21. The predicted molar refractivity (Wildman–Crippen MR) is 84.6 cm³/mol. The molecule has 0 aromatic heterocycles. The third kappa shape index (κ3) is 4.04. The fraction of sp³-hybridized carbons (Fsp3) is 0.600. The van der Waals surface area contributed by atoms with Gasteiger partial charge in [-0.2, -0.15) is 11.8 Å². The van der Waals surface area contributed by atoms with Crippen LogP contribution in [-0.4, -0.2) is 30.7 Å². The van der Waals surface area contributed by atoms with Crippen molar-refractivity contribution < 1.29 is 4.74 Å². The van der Waals surface area contributed by atoms with E-state index in [4.69, 9.17) is 16.3 Å². The van der Waals surface area contributed by atoms with Gasteiger partial charge in [0.15, 0.2) is 0 Å². The number of rotatable bonds is 6. The van der Waals surface area contributed by atoms with Gasteiger partial charge in [-0.25, -0.2) is 0 Å². The van der Waals surface area contributed by atoms with Crippen molar-refractivity contribution in [2.45, 2.75) is 26.4 Å². The highest BCUT2D eigenvalue weighted by molar-refractivity contribution is 7.99. The SMILES string of the molecule is CCSC[C@H](Oc1cccc(Cl)c1C)[C@H]1CCNC1. The standard InChI is InChI=1S/C15H22ClNOS/c1-3-19-10-15(12-7-8-17-9-12)18-14-6-4-5-13(16)11(14)2/h4-6,12,15,17H,3,7-10H2,1-2H3/t12-,15-/m0/s1. The van der Waals surface area contributed by atoms with Gasteiger partial charge >= 0.3 is 0 Å². The minimum atomic E-state index is 0.275. The van der Waals surface area contributed by atoms with Crippen molar-refractivity contribution in [3.63, 3.8) is 0 Å². The van der Waals surface area contributed by atoms with Crippen molar-refractivity contribution in [2.24, 2.45) is 5.92 Å². The van der Waals surface area contributed by atoms with Crippen molar-refractivity contribution in [2.75, 3.05) is 24.6 Å². The predicted octanol–water partition coefficient (Wildman–Crippen LogP) is 3.76. The summed E-state index contributed by atoms with van der Waals surface area (Å²) >= 11 is 8.11. The van der Waals surface area contributed by atoms with Crippen LogP contribution in [-0.2, 0) is 0 Å². The Morgan fingerprint density at radius 3 is 3.05 bits per heavy atom. The smallest absolute Gasteiger partial charge is 0.124 e. The molecule has 0 radical (unpaired) electrons. The van der Waals surface area contributed by atoms with Gasteiger partial charge < -0.3 is 10.1 Å². The third-order valence-electron chi connectivity index (χ3n) is 3.61. The lowest BCUT2D eigenvalue weighted by molar-refractivity contribution is 0.164. The van der Waals surface area contributed by atoms with Crippen LogP contribution in [0.1, 0.15) is 18.9 Å². The van der Waals surface area contributed by atoms with Crippen LogP contribution < -0.4 is 10.1 Å². The Labute approximate surface area is 125 Å². The van der Waals surface area contributed by atoms with Crippen LogP contribution in [0, 0.1) is 12.8 Å². The van der Waals surface area contributed by atoms with E-state index in [1.807, 2.05) is 36.9 Å². The van der Waals surface area contributed by atoms with Crippen molar-refractivity contribution >= 4 is 23.4 Å². The average Bonchev–Trinajstić information content (AvgIpc) is 2.93. The van der Waals surface area contributed by atoms with Gasteiger partial charge in [0.05, 0.1) is 0 Å². The van der Waals surface area contributed by atoms with Gasteiger partial charge in [0, 0.05) is 28.8 Å². The zero-order valence-electron chi connectivity index (χ0n) is 11.6. The van der Waals surface area contributed by atoms with E-state index in [9.17, 15) is 0 Å². The number of ether oxygens (including phenoxy) is 1. The summed E-state index contributed by atoms with van der Waals surface area (Å²) in [6.45, 7) is 6.39. The molecule has 2 atom stereocenters. The maximum absolute atomic E-state index is 6.27. The molecule has 1 heterocycles. The van der Waals surface area contributed by atoms with Gasteiger partial charge in [0.2, 0.25) is 0 Å². The Morgan fingerprint density at radius 1 is 1.53 bits per heavy atom. The molecule has 2 nitrogen and oxygen atoms in total. The summed E-state index contributed by atoms with van der Waals surface area (Å²) in [4.78, 5) is 0. The molecule has 1 saturated heterocycles. The van der Waals surface area contributed by atoms with E-state index < -0.39 is 0 Å². The van der Waals surface area contributed by atoms with Crippen LogP contribution in [0.5, 0.6) is 5.75 Å². The second-order valence-corrected chi connectivity index (χ2v) is 6.66. The van der Waals surface area contributed by atoms with Gasteiger partial charge in [0.25, 0.3) is 0 Å². The molecular weight excluding hydrogens is 278 g/mol. The van der Waals surface area contributed by atoms with Gasteiger partial charge in [-0.1, -0.05) is 24.6 Å². The molecular formula is C15H22ClNOS. The Hall–Kier alpha value is -0.380. The highest BCUT2D eigenvalue weighted by atomic mass is 35.5. The maximum Gasteiger partial charge on any atom is 0.124 e. The molecule has 2 rings (SSSR count). The lowest BCUT2D eigenvalue weighted by Crippen LogP contribution is -2.31. The maximum atomic E-state index is 6.27. The van der Waals surface area contributed by atoms with Gasteiger partial charge in [-0.15, -0.1) is 0 Å². The number of benzene rings is 1. The van der Waals surface area contributed by atoms with Crippen LogP contribution in [0.2, 0.25) is 5.02 Å². The highest BCUT2D eigenvalue weighted by Gasteiger charge is 2.26. The molecule has 0 unspecified atom stereocenters. The second-order valence-electron chi connectivity index (χ2n) is 4.93. The van der Waals surface area contributed by atoms with Crippen molar-refractivity contribution in [3.8, 4) is 5.75 Å². The summed E-state index contributed by atoms with van der Waals surface area (Å²) in [6.07, 6.45) is 1.48. The first kappa shape index (κ1) is 15.0. The minimum Gasteiger partial charge on any atom is -0.489 e. The topological polar surface area (TPSA) is 21.3 Å². The van der Waals surface area contributed by atoms with Crippen LogP contribution >= 0.6 is 23.4 Å². The van der Waals surface area contributed by atoms with E-state index in [1.54, 1.807) is 0 Å². The molecule has 1 aromatic rings. The first-order valence-corrected chi connectivity index (χ1v) is 8.46. The fourth-order valence-corrected chi connectivity index (χ4v) is 3.35. The van der Waals surface area contributed by atoms with E-state index in [-0.39, 0.29) is 6.10 Å². The van der Waals surface area contributed by atoms with Crippen molar-refractivity contribution in [1.29, 1.82) is 0 Å². The minimum absolute atomic E-state index is 0.275. The van der Waals surface area contributed by atoms with Gasteiger partial charge in [0.1, 0.15) is 11.9 Å². The lowest BCUT2D eigenvalue weighted by atomic mass is 10.0. The number of thioether (sulfide) groups is 1. The molecule has 0 amide bonds. The van der Waals surface area contributed by atoms with Crippen molar-refractivity contribution in [3.05, 3.63) is 28.8 Å². The Balaban J connectivity index is 2.07. The first-order chi connectivity index (χ1) is 9.22. The molecule has 0 spiro atoms. The average molecular weight is 300 g/mol. The van der Waals surface area contributed by atoms with Crippen LogP contribution in [0.4, 0.5) is 0 Å². The van der Waals surface area contributed by atoms with E-state index in [0.717, 1.165) is 40.9 Å². The van der Waals surface area contributed by atoms with Crippen LogP contribution in [0.15, 0.2) is 18.2 Å². The third-order valence-corrected chi connectivity index (χ3v) is 4.99. The molecule has 1 aliphatic heterocycles. The first-order valence-electron chi connectivity index (χ1n) is 6.92. The van der Waals surface area contributed by atoms with E-state index in [1.165, 1.54) is 6.42 Å². The second kappa shape index (κ2) is 7.41. The molecule has 4 heteroatoms. The fourth-order valence-electron chi connectivity index (χ4n) is 2.37. The molecule has 1 fully saturated rings. The Morgan fingerprint density at radius 2 is 2.37 bits per heavy atom. The quantitative estimate of drug-likeness (QED) is 0.864. The largest absolute Gasteiger partial charge is 0.489 e. The van der Waals surface area contributed by atoms with Gasteiger partial charge in [-0.3, -0.25) is 0 Å². The number of hydrogen-bond donors (Lipinski definition) is 1. The van der Waals surface area contributed by atoms with Crippen LogP contribution in [0.3, 0.4) is 0 Å². The van der Waals surface area contributed by atoms with Gasteiger partial charge in [-0.05, 0) is 37.8 Å². The van der Waals surface area contributed by atoms with E-state index >= 15 is 0 Å². The molecule has 0 bridgehead atoms.